The standard InChI is InChI=1S/C36H42N2O4/c1-5-6-7-8-9-20-42-31-19-16-28-23-32(37-24-29(28)22-31)26-12-10-25(11-13-26)21-33(35(40)41)38-34(39)27-14-17-30(18-15-27)36(2,3)4/h10-19,22-24,33H,5-9,20-21H2,1-4H3,(H,38,39)(H,40,41)/t33-/m0/s1. The van der Waals surface area contributed by atoms with Crippen LogP contribution >= 0.6 is 0 Å². The van der Waals surface area contributed by atoms with Gasteiger partial charge < -0.3 is 15.2 Å². The predicted octanol–water partition coefficient (Wildman–Crippen LogP) is 7.97. The van der Waals surface area contributed by atoms with E-state index in [1.54, 1.807) is 12.1 Å². The highest BCUT2D eigenvalue weighted by atomic mass is 16.5. The first-order valence-electron chi connectivity index (χ1n) is 14.9. The van der Waals surface area contributed by atoms with Gasteiger partial charge in [0.05, 0.1) is 12.3 Å². The fraction of sp³-hybridized carbons (Fsp3) is 0.361. The second-order valence-corrected chi connectivity index (χ2v) is 11.9. The molecule has 1 heterocycles. The monoisotopic (exact) mass is 566 g/mol. The number of ether oxygens (including phenoxy) is 1. The first kappa shape index (κ1) is 30.8. The molecule has 0 aliphatic carbocycles. The van der Waals surface area contributed by atoms with Gasteiger partial charge in [0.15, 0.2) is 0 Å². The molecule has 0 saturated carbocycles. The van der Waals surface area contributed by atoms with Crippen LogP contribution in [0.15, 0.2) is 79.0 Å². The summed E-state index contributed by atoms with van der Waals surface area (Å²) in [6.45, 7) is 9.25. The molecule has 0 unspecified atom stereocenters. The number of hydrogen-bond acceptors (Lipinski definition) is 4. The molecule has 4 rings (SSSR count). The Morgan fingerprint density at radius 2 is 1.60 bits per heavy atom. The average Bonchev–Trinajstić information content (AvgIpc) is 2.98. The Labute approximate surface area is 249 Å². The van der Waals surface area contributed by atoms with E-state index in [1.165, 1.54) is 25.7 Å². The number of aromatic nitrogens is 1. The van der Waals surface area contributed by atoms with Crippen LogP contribution in [0.25, 0.3) is 22.0 Å². The fourth-order valence-electron chi connectivity index (χ4n) is 4.87. The van der Waals surface area contributed by atoms with Gasteiger partial charge in [-0.05, 0) is 58.7 Å². The molecule has 0 saturated heterocycles. The van der Waals surface area contributed by atoms with Crippen LogP contribution in [0.3, 0.4) is 0 Å². The summed E-state index contributed by atoms with van der Waals surface area (Å²) in [5, 5.41) is 14.6. The van der Waals surface area contributed by atoms with Gasteiger partial charge in [-0.25, -0.2) is 4.79 Å². The molecule has 0 aliphatic heterocycles. The van der Waals surface area contributed by atoms with E-state index in [-0.39, 0.29) is 11.8 Å². The number of amides is 1. The van der Waals surface area contributed by atoms with Crippen molar-refractivity contribution in [2.45, 2.75) is 77.7 Å². The van der Waals surface area contributed by atoms with Crippen LogP contribution in [-0.2, 0) is 16.6 Å². The number of pyridine rings is 1. The highest BCUT2D eigenvalue weighted by molar-refractivity contribution is 5.96. The number of benzene rings is 3. The second-order valence-electron chi connectivity index (χ2n) is 11.9. The number of unbranched alkanes of at least 4 members (excludes halogenated alkanes) is 4. The maximum absolute atomic E-state index is 12.8. The third-order valence-corrected chi connectivity index (χ3v) is 7.52. The van der Waals surface area contributed by atoms with Gasteiger partial charge in [0, 0.05) is 29.1 Å². The van der Waals surface area contributed by atoms with Crippen LogP contribution in [0.1, 0.15) is 81.3 Å². The van der Waals surface area contributed by atoms with Gasteiger partial charge in [-0.2, -0.15) is 0 Å². The number of fused-ring (bicyclic) bond motifs is 1. The minimum Gasteiger partial charge on any atom is -0.494 e. The summed E-state index contributed by atoms with van der Waals surface area (Å²) in [5.74, 6) is -0.617. The number of aliphatic carboxylic acids is 1. The van der Waals surface area contributed by atoms with Gasteiger partial charge in [0.1, 0.15) is 11.8 Å². The Morgan fingerprint density at radius 3 is 2.26 bits per heavy atom. The van der Waals surface area contributed by atoms with Crippen molar-refractivity contribution in [1.29, 1.82) is 0 Å². The molecule has 3 aromatic carbocycles. The van der Waals surface area contributed by atoms with Crippen LogP contribution in [0, 0.1) is 0 Å². The Hall–Kier alpha value is -4.19. The molecule has 1 amide bonds. The smallest absolute Gasteiger partial charge is 0.326 e. The van der Waals surface area contributed by atoms with Gasteiger partial charge in [0.2, 0.25) is 0 Å². The molecule has 6 nitrogen and oxygen atoms in total. The molecule has 0 aliphatic rings. The molecule has 42 heavy (non-hydrogen) atoms. The predicted molar refractivity (Wildman–Crippen MR) is 169 cm³/mol. The molecule has 1 atom stereocenters. The maximum atomic E-state index is 12.8. The first-order chi connectivity index (χ1) is 20.1. The first-order valence-corrected chi connectivity index (χ1v) is 14.9. The van der Waals surface area contributed by atoms with Crippen LogP contribution in [0.4, 0.5) is 0 Å². The van der Waals surface area contributed by atoms with Gasteiger partial charge >= 0.3 is 5.97 Å². The lowest BCUT2D eigenvalue weighted by molar-refractivity contribution is -0.139. The summed E-state index contributed by atoms with van der Waals surface area (Å²) >= 11 is 0. The second kappa shape index (κ2) is 14.1. The Kier molecular flexibility index (Phi) is 10.3. The molecule has 0 bridgehead atoms. The van der Waals surface area contributed by atoms with Gasteiger partial charge in [-0.1, -0.05) is 95.8 Å². The topological polar surface area (TPSA) is 88.5 Å². The average molecular weight is 567 g/mol. The van der Waals surface area contributed by atoms with Crippen molar-refractivity contribution in [2.75, 3.05) is 6.61 Å². The quantitative estimate of drug-likeness (QED) is 0.160. The van der Waals surface area contributed by atoms with E-state index >= 15 is 0 Å². The van der Waals surface area contributed by atoms with Crippen molar-refractivity contribution in [1.82, 2.24) is 10.3 Å². The Balaban J connectivity index is 1.37. The molecule has 6 heteroatoms. The largest absolute Gasteiger partial charge is 0.494 e. The molecule has 0 spiro atoms. The molecule has 0 radical (unpaired) electrons. The SMILES string of the molecule is CCCCCCCOc1ccc2cc(-c3ccc(C[C@H](NC(=O)c4ccc(C(C)(C)C)cc4)C(=O)O)cc3)ncc2c1. The van der Waals surface area contributed by atoms with Crippen LogP contribution < -0.4 is 10.1 Å². The highest BCUT2D eigenvalue weighted by Gasteiger charge is 2.22. The summed E-state index contributed by atoms with van der Waals surface area (Å²) < 4.78 is 5.94. The molecular formula is C36H42N2O4. The molecule has 1 aromatic heterocycles. The number of carboxylic acids is 1. The van der Waals surface area contributed by atoms with E-state index in [2.05, 4.69) is 44.1 Å². The highest BCUT2D eigenvalue weighted by Crippen LogP contribution is 2.26. The van der Waals surface area contributed by atoms with Gasteiger partial charge in [-0.3, -0.25) is 9.78 Å². The summed E-state index contributed by atoms with van der Waals surface area (Å²) in [6, 6.07) is 22.0. The Morgan fingerprint density at radius 1 is 0.881 bits per heavy atom. The van der Waals surface area contributed by atoms with Crippen molar-refractivity contribution in [3.63, 3.8) is 0 Å². The van der Waals surface area contributed by atoms with Gasteiger partial charge in [0.25, 0.3) is 5.91 Å². The number of carbonyl (C=O) groups excluding carboxylic acids is 1. The Bertz CT molecular complexity index is 1490. The number of nitrogens with zero attached hydrogens (tertiary/aromatic N) is 1. The van der Waals surface area contributed by atoms with E-state index in [1.807, 2.05) is 60.8 Å². The number of nitrogens with one attached hydrogen (secondary N) is 1. The number of rotatable bonds is 13. The van der Waals surface area contributed by atoms with E-state index in [0.29, 0.717) is 5.56 Å². The van der Waals surface area contributed by atoms with Crippen LogP contribution in [-0.4, -0.2) is 34.6 Å². The van der Waals surface area contributed by atoms with E-state index < -0.39 is 17.9 Å². The summed E-state index contributed by atoms with van der Waals surface area (Å²) in [7, 11) is 0. The normalized spacial score (nSPS) is 12.2. The molecule has 2 N–H and O–H groups in total. The number of carbonyl (C=O) groups is 2. The minimum absolute atomic E-state index is 0.0292. The zero-order chi connectivity index (χ0) is 30.1. The van der Waals surface area contributed by atoms with E-state index in [4.69, 9.17) is 4.74 Å². The fourth-order valence-corrected chi connectivity index (χ4v) is 4.87. The van der Waals surface area contributed by atoms with Crippen molar-refractivity contribution in [3.05, 3.63) is 95.7 Å². The molecule has 4 aromatic rings. The molecule has 0 fully saturated rings. The lowest BCUT2D eigenvalue weighted by Gasteiger charge is -2.19. The van der Waals surface area contributed by atoms with Gasteiger partial charge in [-0.15, -0.1) is 0 Å². The number of hydrogen-bond donors (Lipinski definition) is 2. The zero-order valence-corrected chi connectivity index (χ0v) is 25.2. The van der Waals surface area contributed by atoms with Crippen LogP contribution in [0.2, 0.25) is 0 Å². The summed E-state index contributed by atoms with van der Waals surface area (Å²) in [5.41, 5.74) is 4.10. The van der Waals surface area contributed by atoms with Crippen molar-refractivity contribution < 1.29 is 19.4 Å². The van der Waals surface area contributed by atoms with E-state index in [9.17, 15) is 14.7 Å². The number of carboxylic acid groups (broad SMARTS) is 1. The molecule has 220 valence electrons. The van der Waals surface area contributed by atoms with Crippen molar-refractivity contribution in [2.24, 2.45) is 0 Å². The third-order valence-electron chi connectivity index (χ3n) is 7.52. The lowest BCUT2D eigenvalue weighted by Crippen LogP contribution is -2.42. The molecular weight excluding hydrogens is 524 g/mol. The summed E-state index contributed by atoms with van der Waals surface area (Å²) in [4.78, 5) is 29.4. The third kappa shape index (κ3) is 8.41. The maximum Gasteiger partial charge on any atom is 0.326 e. The minimum atomic E-state index is -1.07. The van der Waals surface area contributed by atoms with E-state index in [0.717, 1.165) is 51.9 Å². The van der Waals surface area contributed by atoms with Crippen molar-refractivity contribution in [3.8, 4) is 17.0 Å². The lowest BCUT2D eigenvalue weighted by atomic mass is 9.86. The summed E-state index contributed by atoms with van der Waals surface area (Å²) in [6.07, 6.45) is 8.07. The zero-order valence-electron chi connectivity index (χ0n) is 25.2. The van der Waals surface area contributed by atoms with Crippen molar-refractivity contribution >= 4 is 22.6 Å². The van der Waals surface area contributed by atoms with Crippen LogP contribution in [0.5, 0.6) is 5.75 Å².